The Hall–Kier alpha value is -1.22. The van der Waals surface area contributed by atoms with E-state index in [-0.39, 0.29) is 0 Å². The van der Waals surface area contributed by atoms with E-state index in [0.717, 1.165) is 17.0 Å². The summed E-state index contributed by atoms with van der Waals surface area (Å²) in [5.41, 5.74) is 7.77. The van der Waals surface area contributed by atoms with Gasteiger partial charge in [0.1, 0.15) is 5.75 Å². The molecular weight excluding hydrogens is 164 g/mol. The zero-order valence-electron chi connectivity index (χ0n) is 8.37. The van der Waals surface area contributed by atoms with Crippen LogP contribution in [0.15, 0.2) is 18.2 Å². The summed E-state index contributed by atoms with van der Waals surface area (Å²) in [5.74, 6) is 0.853. The monoisotopic (exact) mass is 180 g/mol. The lowest BCUT2D eigenvalue weighted by molar-refractivity contribution is 0.414. The molecule has 0 atom stereocenters. The van der Waals surface area contributed by atoms with Crippen LogP contribution in [0.3, 0.4) is 0 Å². The largest absolute Gasteiger partial charge is 0.497 e. The standard InChI is InChI=1S/C10H16N2O/c1-12(2)9-4-8(7-11)5-10(6-9)13-3/h4-6H,7,11H2,1-3H3. The van der Waals surface area contributed by atoms with Crippen LogP contribution in [0.5, 0.6) is 5.75 Å². The van der Waals surface area contributed by atoms with Crippen LogP contribution in [0.25, 0.3) is 0 Å². The van der Waals surface area contributed by atoms with Crippen LogP contribution in [0.1, 0.15) is 5.56 Å². The predicted octanol–water partition coefficient (Wildman–Crippen LogP) is 1.22. The number of nitrogens with two attached hydrogens (primary N) is 1. The third-order valence-corrected chi connectivity index (χ3v) is 1.94. The second kappa shape index (κ2) is 4.14. The quantitative estimate of drug-likeness (QED) is 0.760. The summed E-state index contributed by atoms with van der Waals surface area (Å²) in [6, 6.07) is 5.99. The molecule has 0 spiro atoms. The molecule has 0 fully saturated rings. The second-order valence-electron chi connectivity index (χ2n) is 3.14. The molecule has 72 valence electrons. The number of ether oxygens (including phenoxy) is 1. The summed E-state index contributed by atoms with van der Waals surface area (Å²) < 4.78 is 5.17. The third kappa shape index (κ3) is 2.36. The van der Waals surface area contributed by atoms with E-state index in [1.54, 1.807) is 7.11 Å². The van der Waals surface area contributed by atoms with Gasteiger partial charge in [-0.05, 0) is 17.7 Å². The van der Waals surface area contributed by atoms with E-state index in [2.05, 4.69) is 6.07 Å². The smallest absolute Gasteiger partial charge is 0.121 e. The minimum atomic E-state index is 0.540. The van der Waals surface area contributed by atoms with Crippen molar-refractivity contribution in [3.05, 3.63) is 23.8 Å². The van der Waals surface area contributed by atoms with Gasteiger partial charge in [-0.3, -0.25) is 0 Å². The Morgan fingerprint density at radius 3 is 2.46 bits per heavy atom. The number of rotatable bonds is 3. The van der Waals surface area contributed by atoms with E-state index in [1.807, 2.05) is 31.1 Å². The zero-order chi connectivity index (χ0) is 9.84. The number of anilines is 1. The summed E-state index contributed by atoms with van der Waals surface area (Å²) in [7, 11) is 5.65. The van der Waals surface area contributed by atoms with Gasteiger partial charge in [0.25, 0.3) is 0 Å². The molecule has 2 N–H and O–H groups in total. The highest BCUT2D eigenvalue weighted by atomic mass is 16.5. The first-order valence-corrected chi connectivity index (χ1v) is 4.22. The fourth-order valence-electron chi connectivity index (χ4n) is 1.14. The maximum atomic E-state index is 5.57. The van der Waals surface area contributed by atoms with Crippen molar-refractivity contribution in [3.8, 4) is 5.75 Å². The number of hydrogen-bond acceptors (Lipinski definition) is 3. The molecule has 0 bridgehead atoms. The maximum absolute atomic E-state index is 5.57. The zero-order valence-corrected chi connectivity index (χ0v) is 8.37. The molecule has 3 heteroatoms. The number of benzene rings is 1. The molecule has 1 aromatic rings. The maximum Gasteiger partial charge on any atom is 0.121 e. The lowest BCUT2D eigenvalue weighted by Gasteiger charge is -2.15. The fraction of sp³-hybridized carbons (Fsp3) is 0.400. The van der Waals surface area contributed by atoms with Crippen molar-refractivity contribution in [3.63, 3.8) is 0 Å². The van der Waals surface area contributed by atoms with Crippen molar-refractivity contribution in [1.82, 2.24) is 0 Å². The highest BCUT2D eigenvalue weighted by Crippen LogP contribution is 2.22. The molecular formula is C10H16N2O. The van der Waals surface area contributed by atoms with E-state index in [0.29, 0.717) is 6.54 Å². The minimum absolute atomic E-state index is 0.540. The Morgan fingerprint density at radius 2 is 2.00 bits per heavy atom. The Kier molecular flexibility index (Phi) is 3.14. The third-order valence-electron chi connectivity index (χ3n) is 1.94. The van der Waals surface area contributed by atoms with Crippen LogP contribution in [0, 0.1) is 0 Å². The summed E-state index contributed by atoms with van der Waals surface area (Å²) in [5, 5.41) is 0. The molecule has 1 aromatic carbocycles. The SMILES string of the molecule is COc1cc(CN)cc(N(C)C)c1. The average molecular weight is 180 g/mol. The number of nitrogens with zero attached hydrogens (tertiary/aromatic N) is 1. The lowest BCUT2D eigenvalue weighted by Crippen LogP contribution is -2.09. The van der Waals surface area contributed by atoms with Crippen molar-refractivity contribution in [2.45, 2.75) is 6.54 Å². The molecule has 0 aliphatic heterocycles. The van der Waals surface area contributed by atoms with E-state index in [9.17, 15) is 0 Å². The van der Waals surface area contributed by atoms with Crippen LogP contribution in [-0.2, 0) is 6.54 Å². The normalized spacial score (nSPS) is 9.85. The summed E-state index contributed by atoms with van der Waals surface area (Å²) in [6.07, 6.45) is 0. The number of hydrogen-bond donors (Lipinski definition) is 1. The molecule has 0 radical (unpaired) electrons. The first-order valence-electron chi connectivity index (χ1n) is 4.22. The topological polar surface area (TPSA) is 38.5 Å². The molecule has 0 amide bonds. The summed E-state index contributed by atoms with van der Waals surface area (Å²) in [4.78, 5) is 2.03. The van der Waals surface area contributed by atoms with Gasteiger partial charge in [0, 0.05) is 32.4 Å². The first kappa shape index (κ1) is 9.86. The Labute approximate surface area is 79.1 Å². The van der Waals surface area contributed by atoms with Crippen LogP contribution in [0.4, 0.5) is 5.69 Å². The van der Waals surface area contributed by atoms with Gasteiger partial charge in [0.2, 0.25) is 0 Å². The molecule has 0 unspecified atom stereocenters. The summed E-state index contributed by atoms with van der Waals surface area (Å²) >= 11 is 0. The molecule has 0 aromatic heterocycles. The Morgan fingerprint density at radius 1 is 1.31 bits per heavy atom. The Bertz CT molecular complexity index is 262. The molecule has 0 aliphatic carbocycles. The number of methoxy groups -OCH3 is 1. The van der Waals surface area contributed by atoms with Gasteiger partial charge in [-0.15, -0.1) is 0 Å². The minimum Gasteiger partial charge on any atom is -0.497 e. The van der Waals surface area contributed by atoms with Crippen molar-refractivity contribution in [2.75, 3.05) is 26.1 Å². The molecule has 0 saturated carbocycles. The molecule has 1 rings (SSSR count). The Balaban J connectivity index is 3.07. The van der Waals surface area contributed by atoms with Crippen LogP contribution >= 0.6 is 0 Å². The van der Waals surface area contributed by atoms with Gasteiger partial charge in [0.15, 0.2) is 0 Å². The highest BCUT2D eigenvalue weighted by molar-refractivity contribution is 5.52. The van der Waals surface area contributed by atoms with Gasteiger partial charge in [-0.1, -0.05) is 0 Å². The molecule has 13 heavy (non-hydrogen) atoms. The van der Waals surface area contributed by atoms with Crippen LogP contribution in [0.2, 0.25) is 0 Å². The van der Waals surface area contributed by atoms with Gasteiger partial charge in [0.05, 0.1) is 7.11 Å². The van der Waals surface area contributed by atoms with Gasteiger partial charge < -0.3 is 15.4 Å². The van der Waals surface area contributed by atoms with Gasteiger partial charge in [-0.2, -0.15) is 0 Å². The molecule has 0 aliphatic rings. The van der Waals surface area contributed by atoms with E-state index in [4.69, 9.17) is 10.5 Å². The average Bonchev–Trinajstić information content (AvgIpc) is 2.16. The first-order chi connectivity index (χ1) is 6.17. The van der Waals surface area contributed by atoms with E-state index in [1.165, 1.54) is 0 Å². The summed E-state index contributed by atoms with van der Waals surface area (Å²) in [6.45, 7) is 0.540. The molecule has 0 heterocycles. The molecule has 3 nitrogen and oxygen atoms in total. The van der Waals surface area contributed by atoms with Crippen molar-refractivity contribution in [1.29, 1.82) is 0 Å². The molecule has 0 saturated heterocycles. The lowest BCUT2D eigenvalue weighted by atomic mass is 10.2. The van der Waals surface area contributed by atoms with Crippen LogP contribution < -0.4 is 15.4 Å². The van der Waals surface area contributed by atoms with Gasteiger partial charge in [-0.25, -0.2) is 0 Å². The van der Waals surface area contributed by atoms with E-state index < -0.39 is 0 Å². The van der Waals surface area contributed by atoms with Crippen molar-refractivity contribution < 1.29 is 4.74 Å². The predicted molar refractivity (Wildman–Crippen MR) is 55.2 cm³/mol. The second-order valence-corrected chi connectivity index (χ2v) is 3.14. The van der Waals surface area contributed by atoms with Crippen molar-refractivity contribution >= 4 is 5.69 Å². The van der Waals surface area contributed by atoms with Crippen molar-refractivity contribution in [2.24, 2.45) is 5.73 Å². The van der Waals surface area contributed by atoms with E-state index >= 15 is 0 Å². The van der Waals surface area contributed by atoms with Gasteiger partial charge >= 0.3 is 0 Å². The fourth-order valence-corrected chi connectivity index (χ4v) is 1.14. The highest BCUT2D eigenvalue weighted by Gasteiger charge is 2.01. The van der Waals surface area contributed by atoms with Crippen LogP contribution in [-0.4, -0.2) is 21.2 Å².